The van der Waals surface area contributed by atoms with Crippen molar-refractivity contribution in [3.63, 3.8) is 0 Å². The first-order chi connectivity index (χ1) is 37.0. The molecule has 3 N–H and O–H groups in total. The third-order valence-corrected chi connectivity index (χ3v) is 15.3. The fraction of sp³-hybridized carbons (Fsp3) is 0.855. The number of hydrogen-bond acceptors (Lipinski definition) is 5. The molecule has 0 aliphatic rings. The van der Waals surface area contributed by atoms with Gasteiger partial charge in [-0.2, -0.15) is 0 Å². The van der Waals surface area contributed by atoms with Crippen LogP contribution in [0.5, 0.6) is 0 Å². The van der Waals surface area contributed by atoms with Gasteiger partial charge < -0.3 is 20.3 Å². The molecule has 0 heterocycles. The SMILES string of the molecule is CCCCC/C=C\CCCCCCCC(=O)OCCCCCCCCCCC/C=C\C/C=C\CCCCCCCCCCCCCC(=O)NC(CO)C(O)/C=C/CCCCCCCCCCCCCCCCCCC. The number of unbranched alkanes of at least 4 members (excludes halogenated alkanes) is 45. The van der Waals surface area contributed by atoms with Crippen molar-refractivity contribution in [3.8, 4) is 0 Å². The molecule has 1 amide bonds. The number of allylic oxidation sites excluding steroid dienone is 7. The van der Waals surface area contributed by atoms with E-state index in [1.165, 1.54) is 276 Å². The van der Waals surface area contributed by atoms with Crippen LogP contribution in [0.4, 0.5) is 0 Å². The van der Waals surface area contributed by atoms with Crippen LogP contribution in [0.25, 0.3) is 0 Å². The first-order valence-corrected chi connectivity index (χ1v) is 33.4. The van der Waals surface area contributed by atoms with E-state index in [1.807, 2.05) is 6.08 Å². The summed E-state index contributed by atoms with van der Waals surface area (Å²) in [6.45, 7) is 4.89. The molecular formula is C69H129NO5. The average Bonchev–Trinajstić information content (AvgIpc) is 3.41. The van der Waals surface area contributed by atoms with Crippen LogP contribution >= 0.6 is 0 Å². The highest BCUT2D eigenvalue weighted by molar-refractivity contribution is 5.76. The van der Waals surface area contributed by atoms with Gasteiger partial charge in [-0.05, 0) is 89.9 Å². The number of ether oxygens (including phenoxy) is 1. The summed E-state index contributed by atoms with van der Waals surface area (Å²) in [7, 11) is 0. The van der Waals surface area contributed by atoms with Gasteiger partial charge in [0.15, 0.2) is 0 Å². The molecule has 0 aromatic carbocycles. The summed E-state index contributed by atoms with van der Waals surface area (Å²) in [5.41, 5.74) is 0. The number of esters is 1. The Morgan fingerprint density at radius 1 is 0.373 bits per heavy atom. The van der Waals surface area contributed by atoms with Gasteiger partial charge in [0, 0.05) is 12.8 Å². The Labute approximate surface area is 467 Å². The Hall–Kier alpha value is -2.18. The van der Waals surface area contributed by atoms with Gasteiger partial charge in [0.05, 0.1) is 25.4 Å². The summed E-state index contributed by atoms with van der Waals surface area (Å²) >= 11 is 0. The van der Waals surface area contributed by atoms with Crippen molar-refractivity contribution in [2.24, 2.45) is 0 Å². The molecule has 2 unspecified atom stereocenters. The van der Waals surface area contributed by atoms with Crippen LogP contribution in [0.3, 0.4) is 0 Å². The molecule has 2 atom stereocenters. The molecule has 0 aliphatic heterocycles. The first-order valence-electron chi connectivity index (χ1n) is 33.4. The highest BCUT2D eigenvalue weighted by atomic mass is 16.5. The van der Waals surface area contributed by atoms with E-state index in [4.69, 9.17) is 4.74 Å². The first kappa shape index (κ1) is 72.8. The highest BCUT2D eigenvalue weighted by Crippen LogP contribution is 2.17. The van der Waals surface area contributed by atoms with Crippen molar-refractivity contribution in [2.45, 2.75) is 366 Å². The second-order valence-electron chi connectivity index (χ2n) is 22.8. The summed E-state index contributed by atoms with van der Waals surface area (Å²) in [5.74, 6) is -0.0689. The Balaban J connectivity index is 3.46. The van der Waals surface area contributed by atoms with Crippen molar-refractivity contribution in [2.75, 3.05) is 13.2 Å². The van der Waals surface area contributed by atoms with E-state index in [0.717, 1.165) is 51.4 Å². The van der Waals surface area contributed by atoms with E-state index < -0.39 is 12.1 Å². The topological polar surface area (TPSA) is 95.9 Å². The molecule has 440 valence electrons. The zero-order chi connectivity index (χ0) is 54.3. The van der Waals surface area contributed by atoms with Crippen LogP contribution in [0.1, 0.15) is 354 Å². The van der Waals surface area contributed by atoms with Gasteiger partial charge in [-0.3, -0.25) is 9.59 Å². The lowest BCUT2D eigenvalue weighted by molar-refractivity contribution is -0.143. The maximum atomic E-state index is 12.5. The summed E-state index contributed by atoms with van der Waals surface area (Å²) in [6, 6.07) is -0.632. The summed E-state index contributed by atoms with van der Waals surface area (Å²) < 4.78 is 5.46. The zero-order valence-electron chi connectivity index (χ0n) is 50.3. The lowest BCUT2D eigenvalue weighted by Crippen LogP contribution is -2.45. The number of rotatable bonds is 62. The largest absolute Gasteiger partial charge is 0.466 e. The Morgan fingerprint density at radius 3 is 1.05 bits per heavy atom. The van der Waals surface area contributed by atoms with E-state index in [-0.39, 0.29) is 18.5 Å². The molecule has 0 aliphatic carbocycles. The number of aliphatic hydroxyl groups is 2. The van der Waals surface area contributed by atoms with Crippen molar-refractivity contribution in [3.05, 3.63) is 48.6 Å². The van der Waals surface area contributed by atoms with Crippen molar-refractivity contribution in [1.29, 1.82) is 0 Å². The predicted octanol–water partition coefficient (Wildman–Crippen LogP) is 21.3. The minimum Gasteiger partial charge on any atom is -0.466 e. The van der Waals surface area contributed by atoms with Gasteiger partial charge in [-0.25, -0.2) is 0 Å². The number of amides is 1. The van der Waals surface area contributed by atoms with Crippen LogP contribution in [-0.4, -0.2) is 47.4 Å². The second kappa shape index (κ2) is 64.3. The molecule has 0 aromatic heterocycles. The van der Waals surface area contributed by atoms with Crippen molar-refractivity contribution >= 4 is 11.9 Å². The van der Waals surface area contributed by atoms with E-state index in [2.05, 4.69) is 55.6 Å². The Bertz CT molecular complexity index is 1260. The number of carbonyl (C=O) groups excluding carboxylic acids is 2. The van der Waals surface area contributed by atoms with Gasteiger partial charge in [0.1, 0.15) is 0 Å². The monoisotopic (exact) mass is 1050 g/mol. The fourth-order valence-corrected chi connectivity index (χ4v) is 10.2. The maximum absolute atomic E-state index is 12.5. The molecule has 0 rings (SSSR count). The highest BCUT2D eigenvalue weighted by Gasteiger charge is 2.18. The van der Waals surface area contributed by atoms with E-state index in [0.29, 0.717) is 19.4 Å². The summed E-state index contributed by atoms with van der Waals surface area (Å²) in [5, 5.41) is 23.2. The molecule has 0 bridgehead atoms. The van der Waals surface area contributed by atoms with Crippen LogP contribution in [0, 0.1) is 0 Å². The fourth-order valence-electron chi connectivity index (χ4n) is 10.2. The maximum Gasteiger partial charge on any atom is 0.305 e. The molecule has 0 fully saturated rings. The van der Waals surface area contributed by atoms with E-state index in [1.54, 1.807) is 6.08 Å². The number of aliphatic hydroxyl groups excluding tert-OH is 2. The minimum absolute atomic E-state index is 0.0000111. The van der Waals surface area contributed by atoms with Gasteiger partial charge in [-0.1, -0.05) is 300 Å². The summed E-state index contributed by atoms with van der Waals surface area (Å²) in [6.07, 6.45) is 83.1. The van der Waals surface area contributed by atoms with Crippen LogP contribution in [-0.2, 0) is 14.3 Å². The lowest BCUT2D eigenvalue weighted by atomic mass is 10.0. The number of nitrogens with one attached hydrogen (secondary N) is 1. The number of hydrogen-bond donors (Lipinski definition) is 3. The van der Waals surface area contributed by atoms with Crippen LogP contribution < -0.4 is 5.32 Å². The van der Waals surface area contributed by atoms with Gasteiger partial charge in [0.2, 0.25) is 5.91 Å². The normalized spacial score (nSPS) is 12.9. The van der Waals surface area contributed by atoms with Gasteiger partial charge >= 0.3 is 5.97 Å². The van der Waals surface area contributed by atoms with E-state index in [9.17, 15) is 19.8 Å². The van der Waals surface area contributed by atoms with Crippen LogP contribution in [0.2, 0.25) is 0 Å². The molecule has 0 saturated heterocycles. The smallest absolute Gasteiger partial charge is 0.305 e. The van der Waals surface area contributed by atoms with E-state index >= 15 is 0 Å². The second-order valence-corrected chi connectivity index (χ2v) is 22.8. The van der Waals surface area contributed by atoms with Crippen LogP contribution in [0.15, 0.2) is 48.6 Å². The Morgan fingerprint density at radius 2 is 0.667 bits per heavy atom. The zero-order valence-corrected chi connectivity index (χ0v) is 50.3. The molecule has 6 heteroatoms. The molecule has 0 saturated carbocycles. The average molecular weight is 1050 g/mol. The minimum atomic E-state index is -0.848. The summed E-state index contributed by atoms with van der Waals surface area (Å²) in [4.78, 5) is 24.5. The molecule has 75 heavy (non-hydrogen) atoms. The molecule has 0 spiro atoms. The lowest BCUT2D eigenvalue weighted by Gasteiger charge is -2.20. The molecule has 0 aromatic rings. The molecule has 6 nitrogen and oxygen atoms in total. The molecule has 0 radical (unpaired) electrons. The quantitative estimate of drug-likeness (QED) is 0.0320. The predicted molar refractivity (Wildman–Crippen MR) is 329 cm³/mol. The van der Waals surface area contributed by atoms with Crippen molar-refractivity contribution in [1.82, 2.24) is 5.32 Å². The van der Waals surface area contributed by atoms with Gasteiger partial charge in [0.25, 0.3) is 0 Å². The molecular weight excluding hydrogens is 923 g/mol. The Kier molecular flexibility index (Phi) is 62.5. The van der Waals surface area contributed by atoms with Crippen molar-refractivity contribution < 1.29 is 24.5 Å². The van der Waals surface area contributed by atoms with Gasteiger partial charge in [-0.15, -0.1) is 0 Å². The third kappa shape index (κ3) is 60.9. The third-order valence-electron chi connectivity index (χ3n) is 15.3. The number of carbonyl (C=O) groups is 2. The standard InChI is InChI=1S/C69H129NO5/c1-3-5-7-9-11-13-15-17-18-19-29-32-35-38-41-45-49-53-57-61-67(72)66(65-71)70-68(73)62-58-54-50-46-42-39-36-33-30-27-25-23-21-20-22-24-26-28-31-34-37-40-44-48-52-56-60-64-75-69(74)63-59-55-51-47-43-16-14-12-10-8-6-4-2/h12,14,20-21,24,26,57,61,66-67,71-72H,3-11,13,15-19,22-23,25,27-56,58-60,62-65H2,1-2H3,(H,70,73)/b14-12-,21-20-,26-24-,61-57+.